The molecule has 4 atom stereocenters. The Balaban J connectivity index is 1.45. The number of benzene rings is 4. The van der Waals surface area contributed by atoms with Gasteiger partial charge in [-0.25, -0.2) is 19.2 Å². The van der Waals surface area contributed by atoms with Crippen LogP contribution in [0, 0.1) is 0 Å². The van der Waals surface area contributed by atoms with E-state index in [1.807, 2.05) is 0 Å². The van der Waals surface area contributed by atoms with Gasteiger partial charge in [-0.05, 0) is 97.1 Å². The molecule has 1 heterocycles. The van der Waals surface area contributed by atoms with E-state index in [0.29, 0.717) is 20.1 Å². The van der Waals surface area contributed by atoms with E-state index >= 15 is 0 Å². The average molecular weight is 720 g/mol. The van der Waals surface area contributed by atoms with Gasteiger partial charge >= 0.3 is 23.9 Å². The molecule has 1 saturated heterocycles. The predicted molar refractivity (Wildman–Crippen MR) is 175 cm³/mol. The zero-order valence-corrected chi connectivity index (χ0v) is 27.3. The fraction of sp³-hybridized carbons (Fsp3) is 0.152. The van der Waals surface area contributed by atoms with Crippen molar-refractivity contribution in [3.8, 4) is 0 Å². The molecule has 5 rings (SSSR count). The van der Waals surface area contributed by atoms with Crippen molar-refractivity contribution < 1.29 is 38.1 Å². The fourth-order valence-corrected chi connectivity index (χ4v) is 6.20. The number of carbonyl (C=O) groups is 4. The Bertz CT molecular complexity index is 1720. The Labute approximate surface area is 287 Å². The molecule has 1 aliphatic rings. The highest BCUT2D eigenvalue weighted by Crippen LogP contribution is 2.40. The van der Waals surface area contributed by atoms with Crippen LogP contribution in [0.15, 0.2) is 97.1 Å². The first kappa shape index (κ1) is 33.6. The van der Waals surface area contributed by atoms with Crippen LogP contribution in [0.25, 0.3) is 0 Å². The van der Waals surface area contributed by atoms with Crippen molar-refractivity contribution in [2.45, 2.75) is 22.9 Å². The smallest absolute Gasteiger partial charge is 0.339 e. The largest absolute Gasteiger partial charge is 0.461 e. The molecule has 0 spiro atoms. The van der Waals surface area contributed by atoms with Crippen molar-refractivity contribution in [2.24, 2.45) is 0 Å². The van der Waals surface area contributed by atoms with Crippen molar-refractivity contribution in [2.75, 3.05) is 6.61 Å². The summed E-state index contributed by atoms with van der Waals surface area (Å²) in [5, 5.41) is 0.827. The van der Waals surface area contributed by atoms with E-state index in [4.69, 9.17) is 65.4 Å². The normalized spacial score (nSPS) is 18.8. The summed E-state index contributed by atoms with van der Waals surface area (Å²) in [6, 6.07) is 24.0. The molecule has 0 aromatic heterocycles. The minimum absolute atomic E-state index is 0.151. The lowest BCUT2D eigenvalue weighted by atomic mass is 10.1. The summed E-state index contributed by atoms with van der Waals surface area (Å²) in [6.45, 7) is -0.297. The van der Waals surface area contributed by atoms with Crippen LogP contribution in [0.2, 0.25) is 20.1 Å². The third-order valence-corrected chi connectivity index (χ3v) is 9.07. The molecule has 4 aromatic rings. The van der Waals surface area contributed by atoms with Gasteiger partial charge in [-0.3, -0.25) is 0 Å². The highest BCUT2D eigenvalue weighted by atomic mass is 35.5. The van der Waals surface area contributed by atoms with Gasteiger partial charge in [0.15, 0.2) is 17.6 Å². The second-order valence-corrected chi connectivity index (χ2v) is 12.9. The van der Waals surface area contributed by atoms with Crippen LogP contribution in [0.5, 0.6) is 0 Å². The number of rotatable bonds is 9. The number of esters is 4. The van der Waals surface area contributed by atoms with Crippen LogP contribution in [-0.4, -0.2) is 53.4 Å². The molecule has 0 radical (unpaired) electrons. The van der Waals surface area contributed by atoms with Gasteiger partial charge in [0.1, 0.15) is 6.61 Å². The summed E-state index contributed by atoms with van der Waals surface area (Å²) in [5.74, 6) is -2.98. The van der Waals surface area contributed by atoms with Crippen LogP contribution in [0.4, 0.5) is 0 Å². The number of ether oxygens (including phenoxy) is 4. The molecule has 0 N–H and O–H groups in total. The molecule has 1 unspecified atom stereocenters. The van der Waals surface area contributed by atoms with Gasteiger partial charge in [-0.2, -0.15) is 0 Å². The van der Waals surface area contributed by atoms with Crippen LogP contribution in [0.1, 0.15) is 41.4 Å². The molecule has 0 saturated carbocycles. The van der Waals surface area contributed by atoms with E-state index < -0.39 is 46.8 Å². The second kappa shape index (κ2) is 15.2. The van der Waals surface area contributed by atoms with E-state index in [-0.39, 0.29) is 28.9 Å². The van der Waals surface area contributed by atoms with Gasteiger partial charge in [0.2, 0.25) is 0 Å². The zero-order valence-electron chi connectivity index (χ0n) is 23.4. The fourth-order valence-electron chi connectivity index (χ4n) is 4.33. The molecule has 0 amide bonds. The maximum Gasteiger partial charge on any atom is 0.339 e. The molecule has 1 aliphatic heterocycles. The molecule has 13 heteroatoms. The summed E-state index contributed by atoms with van der Waals surface area (Å²) in [5.41, 5.74) is -0.450. The lowest BCUT2D eigenvalue weighted by Gasteiger charge is -2.25. The van der Waals surface area contributed by atoms with Crippen LogP contribution in [0.3, 0.4) is 0 Å². The Morgan fingerprint density at radius 1 is 0.478 bits per heavy atom. The minimum atomic E-state index is -1.32. The van der Waals surface area contributed by atoms with Gasteiger partial charge in [-0.1, -0.05) is 46.4 Å². The van der Waals surface area contributed by atoms with Crippen LogP contribution < -0.4 is 0 Å². The summed E-state index contributed by atoms with van der Waals surface area (Å²) in [4.78, 5) is 52.6. The molecule has 236 valence electrons. The Kier molecular flexibility index (Phi) is 11.1. The first-order valence-electron chi connectivity index (χ1n) is 13.5. The molecular formula is C33H22Cl4O8S. The maximum absolute atomic E-state index is 13.3. The maximum atomic E-state index is 13.3. The summed E-state index contributed by atoms with van der Waals surface area (Å²) in [7, 11) is 0. The molecular weight excluding hydrogens is 698 g/mol. The van der Waals surface area contributed by atoms with Gasteiger partial charge in [0, 0.05) is 20.1 Å². The topological polar surface area (TPSA) is 105 Å². The van der Waals surface area contributed by atoms with Crippen molar-refractivity contribution >= 4 is 82.0 Å². The second-order valence-electron chi connectivity index (χ2n) is 9.81. The van der Waals surface area contributed by atoms with E-state index in [2.05, 4.69) is 0 Å². The van der Waals surface area contributed by atoms with Crippen molar-refractivity contribution in [1.29, 1.82) is 0 Å². The van der Waals surface area contributed by atoms with Crippen molar-refractivity contribution in [3.05, 3.63) is 139 Å². The first-order valence-corrected chi connectivity index (χ1v) is 16.0. The third kappa shape index (κ3) is 8.54. The first-order chi connectivity index (χ1) is 22.1. The van der Waals surface area contributed by atoms with Crippen LogP contribution in [-0.2, 0) is 18.9 Å². The molecule has 0 bridgehead atoms. The van der Waals surface area contributed by atoms with Gasteiger partial charge < -0.3 is 18.9 Å². The lowest BCUT2D eigenvalue weighted by Crippen LogP contribution is -2.42. The van der Waals surface area contributed by atoms with E-state index in [0.717, 1.165) is 11.8 Å². The van der Waals surface area contributed by atoms with Gasteiger partial charge in [0.25, 0.3) is 0 Å². The summed E-state index contributed by atoms with van der Waals surface area (Å²) in [6.07, 6.45) is -2.55. The monoisotopic (exact) mass is 718 g/mol. The Morgan fingerprint density at radius 3 is 1.20 bits per heavy atom. The van der Waals surface area contributed by atoms with Crippen molar-refractivity contribution in [1.82, 2.24) is 0 Å². The van der Waals surface area contributed by atoms with Gasteiger partial charge in [-0.15, -0.1) is 11.8 Å². The number of thioether (sulfide) groups is 1. The third-order valence-electron chi connectivity index (χ3n) is 6.68. The lowest BCUT2D eigenvalue weighted by molar-refractivity contribution is -0.0607. The minimum Gasteiger partial charge on any atom is -0.461 e. The summed E-state index contributed by atoms with van der Waals surface area (Å²) >= 11 is 24.9. The Hall–Kier alpha value is -3.73. The predicted octanol–water partition coefficient (Wildman–Crippen LogP) is 8.21. The van der Waals surface area contributed by atoms with Crippen molar-refractivity contribution in [3.63, 3.8) is 0 Å². The standard InChI is InChI=1S/C33H22Cl4O8S/c34-22-9-1-18(2-10-22)29(38)42-17-26-27(43-30(39)19-3-11-23(35)12-4-19)28(44-31(40)20-5-13-24(36)14-6-20)33(46-26)45-32(41)21-7-15-25(37)16-8-21/h1-16,26-28,33H,17H2/t26-,27+,28-,33?/m1/s1. The number of hydrogen-bond donors (Lipinski definition) is 0. The molecule has 4 aromatic carbocycles. The molecule has 0 aliphatic carbocycles. The quantitative estimate of drug-likeness (QED) is 0.125. The van der Waals surface area contributed by atoms with E-state index in [1.54, 1.807) is 0 Å². The number of halogens is 4. The number of hydrogen-bond acceptors (Lipinski definition) is 9. The SMILES string of the molecule is O=C(OC[C@H]1SC(OC(=O)c2ccc(Cl)cc2)[C@H](OC(=O)c2ccc(Cl)cc2)[C@H]1OC(=O)c1ccc(Cl)cc1)c1ccc(Cl)cc1. The Morgan fingerprint density at radius 2 is 0.804 bits per heavy atom. The zero-order chi connectivity index (χ0) is 32.8. The molecule has 46 heavy (non-hydrogen) atoms. The average Bonchev–Trinajstić information content (AvgIpc) is 3.35. The van der Waals surface area contributed by atoms with Crippen LogP contribution >= 0.6 is 58.2 Å². The van der Waals surface area contributed by atoms with Gasteiger partial charge in [0.05, 0.1) is 27.5 Å². The summed E-state index contributed by atoms with van der Waals surface area (Å²) < 4.78 is 23.1. The number of carbonyl (C=O) groups excluding carboxylic acids is 4. The highest BCUT2D eigenvalue weighted by Gasteiger charge is 2.52. The molecule has 8 nitrogen and oxygen atoms in total. The molecule has 1 fully saturated rings. The highest BCUT2D eigenvalue weighted by molar-refractivity contribution is 8.00. The van der Waals surface area contributed by atoms with E-state index in [1.165, 1.54) is 97.1 Å². The van der Waals surface area contributed by atoms with E-state index in [9.17, 15) is 19.2 Å².